The Morgan fingerprint density at radius 3 is 2.13 bits per heavy atom. The topological polar surface area (TPSA) is 39.7 Å². The summed E-state index contributed by atoms with van der Waals surface area (Å²) < 4.78 is 16.6. The third-order valence-electron chi connectivity index (χ3n) is 4.00. The van der Waals surface area contributed by atoms with Crippen molar-refractivity contribution in [2.24, 2.45) is 0 Å². The van der Waals surface area contributed by atoms with Crippen LogP contribution in [-0.2, 0) is 4.08 Å². The van der Waals surface area contributed by atoms with Gasteiger partial charge in [-0.25, -0.2) is 0 Å². The van der Waals surface area contributed by atoms with Gasteiger partial charge >= 0.3 is 0 Å². The van der Waals surface area contributed by atoms with Crippen molar-refractivity contribution in [3.63, 3.8) is 0 Å². The number of hydrogen-bond acceptors (Lipinski definition) is 6. The smallest absolute Gasteiger partial charge is 0.203 e. The molecule has 2 rings (SSSR count). The zero-order valence-corrected chi connectivity index (χ0v) is 16.1. The first-order valence-corrected chi connectivity index (χ1v) is 9.91. The number of methoxy groups -OCH3 is 3. The Kier molecular flexibility index (Phi) is 7.24. The Bertz CT molecular complexity index is 480. The minimum absolute atomic E-state index is 0.0714. The van der Waals surface area contributed by atoms with Crippen molar-refractivity contribution in [2.75, 3.05) is 46.4 Å². The molecular formula is C17H27NO3S2. The van der Waals surface area contributed by atoms with Crippen molar-refractivity contribution in [1.29, 1.82) is 0 Å². The third-order valence-corrected chi connectivity index (χ3v) is 7.50. The van der Waals surface area contributed by atoms with E-state index in [0.29, 0.717) is 5.75 Å². The summed E-state index contributed by atoms with van der Waals surface area (Å²) in [6, 6.07) is 4.23. The molecule has 1 fully saturated rings. The number of rotatable bonds is 8. The van der Waals surface area contributed by atoms with Crippen LogP contribution >= 0.6 is 23.5 Å². The van der Waals surface area contributed by atoms with Gasteiger partial charge in [-0.05, 0) is 62.1 Å². The lowest BCUT2D eigenvalue weighted by molar-refractivity contribution is 0.323. The SMILES string of the molecule is CNCCCC1(c2cc(OC)c(OC)c(OC)c2)SCCCS1. The first-order valence-electron chi connectivity index (χ1n) is 7.93. The summed E-state index contributed by atoms with van der Waals surface area (Å²) in [7, 11) is 7.01. The molecule has 0 bridgehead atoms. The lowest BCUT2D eigenvalue weighted by Crippen LogP contribution is -2.24. The largest absolute Gasteiger partial charge is 0.493 e. The summed E-state index contributed by atoms with van der Waals surface area (Å²) in [6.45, 7) is 1.04. The Labute approximate surface area is 148 Å². The average Bonchev–Trinajstić information content (AvgIpc) is 2.61. The molecule has 1 aliphatic heterocycles. The van der Waals surface area contributed by atoms with Gasteiger partial charge in [0.2, 0.25) is 5.75 Å². The van der Waals surface area contributed by atoms with Crippen molar-refractivity contribution >= 4 is 23.5 Å². The van der Waals surface area contributed by atoms with E-state index in [2.05, 4.69) is 17.4 Å². The maximum atomic E-state index is 5.54. The van der Waals surface area contributed by atoms with Crippen molar-refractivity contribution in [3.05, 3.63) is 17.7 Å². The Hall–Kier alpha value is -0.720. The lowest BCUT2D eigenvalue weighted by Gasteiger charge is -2.37. The monoisotopic (exact) mass is 357 g/mol. The molecule has 0 amide bonds. The molecular weight excluding hydrogens is 330 g/mol. The van der Waals surface area contributed by atoms with Gasteiger partial charge in [0.1, 0.15) is 0 Å². The molecule has 4 nitrogen and oxygen atoms in total. The highest BCUT2D eigenvalue weighted by Gasteiger charge is 2.36. The number of hydrogen-bond donors (Lipinski definition) is 1. The number of thioether (sulfide) groups is 2. The molecule has 130 valence electrons. The predicted octanol–water partition coefficient (Wildman–Crippen LogP) is 3.73. The molecule has 0 aromatic heterocycles. The first-order chi connectivity index (χ1) is 11.2. The molecule has 1 aromatic carbocycles. The maximum absolute atomic E-state index is 5.54. The molecule has 1 aromatic rings. The van der Waals surface area contributed by atoms with E-state index in [0.717, 1.165) is 30.9 Å². The molecule has 0 unspecified atom stereocenters. The summed E-state index contributed by atoms with van der Waals surface area (Å²) in [5, 5.41) is 3.25. The van der Waals surface area contributed by atoms with Gasteiger partial charge in [-0.1, -0.05) is 0 Å². The Balaban J connectivity index is 2.41. The predicted molar refractivity (Wildman–Crippen MR) is 100 cm³/mol. The van der Waals surface area contributed by atoms with Crippen LogP contribution in [0.25, 0.3) is 0 Å². The van der Waals surface area contributed by atoms with Crippen molar-refractivity contribution in [2.45, 2.75) is 23.3 Å². The second-order valence-corrected chi connectivity index (χ2v) is 8.47. The van der Waals surface area contributed by atoms with Gasteiger partial charge in [0.15, 0.2) is 11.5 Å². The molecule has 23 heavy (non-hydrogen) atoms. The van der Waals surface area contributed by atoms with Crippen LogP contribution < -0.4 is 19.5 Å². The van der Waals surface area contributed by atoms with Gasteiger partial charge in [-0.2, -0.15) is 0 Å². The maximum Gasteiger partial charge on any atom is 0.203 e. The minimum atomic E-state index is 0.0714. The summed E-state index contributed by atoms with van der Waals surface area (Å²) >= 11 is 4.10. The number of benzene rings is 1. The average molecular weight is 358 g/mol. The summed E-state index contributed by atoms with van der Waals surface area (Å²) in [6.07, 6.45) is 3.54. The minimum Gasteiger partial charge on any atom is -0.493 e. The molecule has 0 radical (unpaired) electrons. The van der Waals surface area contributed by atoms with Gasteiger partial charge in [0.25, 0.3) is 0 Å². The molecule has 6 heteroatoms. The van der Waals surface area contributed by atoms with Crippen molar-refractivity contribution in [1.82, 2.24) is 5.32 Å². The van der Waals surface area contributed by atoms with E-state index in [1.807, 2.05) is 30.6 Å². The van der Waals surface area contributed by atoms with Crippen LogP contribution in [0.5, 0.6) is 17.2 Å². The number of ether oxygens (including phenoxy) is 3. The van der Waals surface area contributed by atoms with E-state index in [1.54, 1.807) is 21.3 Å². The van der Waals surface area contributed by atoms with Gasteiger partial charge in [0, 0.05) is 0 Å². The molecule has 1 aliphatic rings. The highest BCUT2D eigenvalue weighted by molar-refractivity contribution is 8.18. The van der Waals surface area contributed by atoms with Crippen LogP contribution in [0.4, 0.5) is 0 Å². The Morgan fingerprint density at radius 1 is 1.04 bits per heavy atom. The van der Waals surface area contributed by atoms with Gasteiger partial charge < -0.3 is 19.5 Å². The van der Waals surface area contributed by atoms with Crippen molar-refractivity contribution in [3.8, 4) is 17.2 Å². The van der Waals surface area contributed by atoms with E-state index >= 15 is 0 Å². The lowest BCUT2D eigenvalue weighted by atomic mass is 10.0. The van der Waals surface area contributed by atoms with E-state index in [1.165, 1.54) is 23.5 Å². The van der Waals surface area contributed by atoms with E-state index in [4.69, 9.17) is 14.2 Å². The van der Waals surface area contributed by atoms with E-state index in [-0.39, 0.29) is 4.08 Å². The standard InChI is InChI=1S/C17H27NO3S2/c1-18-8-5-7-17(22-9-6-10-23-17)13-11-14(19-2)16(21-4)15(12-13)20-3/h11-12,18H,5-10H2,1-4H3. The second-order valence-electron chi connectivity index (χ2n) is 5.42. The fourth-order valence-corrected chi connectivity index (χ4v) is 6.23. The molecule has 0 atom stereocenters. The molecule has 0 spiro atoms. The third kappa shape index (κ3) is 4.22. The highest BCUT2D eigenvalue weighted by Crippen LogP contribution is 2.55. The highest BCUT2D eigenvalue weighted by atomic mass is 32.2. The van der Waals surface area contributed by atoms with Gasteiger partial charge in [-0.3, -0.25) is 0 Å². The van der Waals surface area contributed by atoms with Gasteiger partial charge in [-0.15, -0.1) is 23.5 Å². The number of nitrogens with one attached hydrogen (secondary N) is 1. The zero-order chi connectivity index (χ0) is 16.7. The second kappa shape index (κ2) is 8.94. The van der Waals surface area contributed by atoms with E-state index < -0.39 is 0 Å². The van der Waals surface area contributed by atoms with Crippen LogP contribution in [-0.4, -0.2) is 46.4 Å². The quantitative estimate of drug-likeness (QED) is 0.715. The fraction of sp³-hybridized carbons (Fsp3) is 0.647. The van der Waals surface area contributed by atoms with Crippen molar-refractivity contribution < 1.29 is 14.2 Å². The fourth-order valence-electron chi connectivity index (χ4n) is 2.83. The van der Waals surface area contributed by atoms with Crippen LogP contribution in [0.1, 0.15) is 24.8 Å². The molecule has 1 N–H and O–H groups in total. The normalized spacial score (nSPS) is 16.9. The van der Waals surface area contributed by atoms with Crippen LogP contribution in [0, 0.1) is 0 Å². The summed E-state index contributed by atoms with van der Waals surface area (Å²) in [5.74, 6) is 4.53. The molecule has 1 saturated heterocycles. The van der Waals surface area contributed by atoms with Crippen LogP contribution in [0.15, 0.2) is 12.1 Å². The van der Waals surface area contributed by atoms with E-state index in [9.17, 15) is 0 Å². The van der Waals surface area contributed by atoms with Crippen LogP contribution in [0.2, 0.25) is 0 Å². The molecule has 0 saturated carbocycles. The summed E-state index contributed by atoms with van der Waals surface area (Å²) in [5.41, 5.74) is 1.26. The Morgan fingerprint density at radius 2 is 1.65 bits per heavy atom. The zero-order valence-electron chi connectivity index (χ0n) is 14.4. The first kappa shape index (κ1) is 18.6. The summed E-state index contributed by atoms with van der Waals surface area (Å²) in [4.78, 5) is 0. The molecule has 1 heterocycles. The van der Waals surface area contributed by atoms with Gasteiger partial charge in [0.05, 0.1) is 25.4 Å². The molecule has 0 aliphatic carbocycles. The van der Waals surface area contributed by atoms with Crippen LogP contribution in [0.3, 0.4) is 0 Å².